The smallest absolute Gasteiger partial charge is 0.258 e. The molecule has 26 heavy (non-hydrogen) atoms. The first-order valence-corrected chi connectivity index (χ1v) is 8.61. The topological polar surface area (TPSA) is 66.9 Å². The van der Waals surface area contributed by atoms with E-state index in [2.05, 4.69) is 20.6 Å². The summed E-state index contributed by atoms with van der Waals surface area (Å²) in [6.07, 6.45) is 2.90. The fourth-order valence-electron chi connectivity index (χ4n) is 2.25. The van der Waals surface area contributed by atoms with Gasteiger partial charge in [0.1, 0.15) is 0 Å². The molecule has 0 fully saturated rings. The van der Waals surface area contributed by atoms with Gasteiger partial charge >= 0.3 is 0 Å². The van der Waals surface area contributed by atoms with Gasteiger partial charge in [-0.15, -0.1) is 0 Å². The summed E-state index contributed by atoms with van der Waals surface area (Å²) >= 11 is 12.1. The molecule has 0 saturated heterocycles. The van der Waals surface area contributed by atoms with Crippen molar-refractivity contribution in [2.45, 2.75) is 13.8 Å². The van der Waals surface area contributed by atoms with E-state index in [0.717, 1.165) is 11.3 Å². The Hall–Kier alpha value is -2.63. The molecule has 0 aliphatic carbocycles. The Kier molecular flexibility index (Phi) is 5.40. The molecule has 1 aromatic heterocycles. The molecule has 0 bridgehead atoms. The van der Waals surface area contributed by atoms with Crippen molar-refractivity contribution in [3.63, 3.8) is 0 Å². The maximum absolute atomic E-state index is 12.3. The summed E-state index contributed by atoms with van der Waals surface area (Å²) in [5.41, 5.74) is 3.95. The second kappa shape index (κ2) is 7.72. The SMILES string of the molecule is Cc1ccc(NC(=O)c2cnc(Nc3cccc(Cl)c3Cl)nc2)cc1C. The first-order chi connectivity index (χ1) is 12.4. The molecule has 2 aromatic carbocycles. The van der Waals surface area contributed by atoms with Crippen LogP contribution in [0.4, 0.5) is 17.3 Å². The van der Waals surface area contributed by atoms with Crippen LogP contribution in [-0.4, -0.2) is 15.9 Å². The Morgan fingerprint density at radius 3 is 2.42 bits per heavy atom. The maximum atomic E-state index is 12.3. The first kappa shape index (κ1) is 18.2. The van der Waals surface area contributed by atoms with Gasteiger partial charge in [0.15, 0.2) is 0 Å². The van der Waals surface area contributed by atoms with Crippen LogP contribution >= 0.6 is 23.2 Å². The van der Waals surface area contributed by atoms with Gasteiger partial charge in [0, 0.05) is 18.1 Å². The van der Waals surface area contributed by atoms with Gasteiger partial charge < -0.3 is 10.6 Å². The number of hydrogen-bond donors (Lipinski definition) is 2. The summed E-state index contributed by atoms with van der Waals surface area (Å²) in [4.78, 5) is 20.6. The molecule has 3 rings (SSSR count). The van der Waals surface area contributed by atoms with Crippen molar-refractivity contribution < 1.29 is 4.79 Å². The van der Waals surface area contributed by atoms with E-state index < -0.39 is 0 Å². The van der Waals surface area contributed by atoms with Crippen LogP contribution in [0.3, 0.4) is 0 Å². The Morgan fingerprint density at radius 2 is 1.73 bits per heavy atom. The van der Waals surface area contributed by atoms with E-state index >= 15 is 0 Å². The van der Waals surface area contributed by atoms with Crippen molar-refractivity contribution >= 4 is 46.4 Å². The van der Waals surface area contributed by atoms with Crippen molar-refractivity contribution in [2.75, 3.05) is 10.6 Å². The van der Waals surface area contributed by atoms with Crippen molar-refractivity contribution in [1.82, 2.24) is 9.97 Å². The van der Waals surface area contributed by atoms with Gasteiger partial charge in [0.2, 0.25) is 5.95 Å². The van der Waals surface area contributed by atoms with E-state index in [1.807, 2.05) is 32.0 Å². The number of rotatable bonds is 4. The molecule has 0 atom stereocenters. The van der Waals surface area contributed by atoms with Gasteiger partial charge in [-0.3, -0.25) is 4.79 Å². The lowest BCUT2D eigenvalue weighted by molar-refractivity contribution is 0.102. The lowest BCUT2D eigenvalue weighted by Crippen LogP contribution is -2.13. The number of aromatic nitrogens is 2. The van der Waals surface area contributed by atoms with Gasteiger partial charge in [-0.2, -0.15) is 0 Å². The number of nitrogens with zero attached hydrogens (tertiary/aromatic N) is 2. The van der Waals surface area contributed by atoms with Crippen LogP contribution in [0.25, 0.3) is 0 Å². The molecule has 1 amide bonds. The third kappa shape index (κ3) is 4.12. The van der Waals surface area contributed by atoms with Crippen molar-refractivity contribution in [3.8, 4) is 0 Å². The Morgan fingerprint density at radius 1 is 1.00 bits per heavy atom. The molecule has 0 radical (unpaired) electrons. The van der Waals surface area contributed by atoms with E-state index in [1.165, 1.54) is 18.0 Å². The lowest BCUT2D eigenvalue weighted by Gasteiger charge is -2.09. The highest BCUT2D eigenvalue weighted by atomic mass is 35.5. The quantitative estimate of drug-likeness (QED) is 0.629. The molecule has 0 unspecified atom stereocenters. The van der Waals surface area contributed by atoms with Crippen LogP contribution in [0.1, 0.15) is 21.5 Å². The molecule has 0 aliphatic heterocycles. The summed E-state index contributed by atoms with van der Waals surface area (Å²) < 4.78 is 0. The van der Waals surface area contributed by atoms with E-state index in [1.54, 1.807) is 18.2 Å². The van der Waals surface area contributed by atoms with Crippen LogP contribution in [-0.2, 0) is 0 Å². The Labute approximate surface area is 161 Å². The van der Waals surface area contributed by atoms with Gasteiger partial charge in [-0.05, 0) is 49.2 Å². The van der Waals surface area contributed by atoms with Crippen LogP contribution in [0.2, 0.25) is 10.0 Å². The number of hydrogen-bond acceptors (Lipinski definition) is 4. The number of nitrogens with one attached hydrogen (secondary N) is 2. The highest BCUT2D eigenvalue weighted by Crippen LogP contribution is 2.30. The van der Waals surface area contributed by atoms with Crippen LogP contribution in [0.5, 0.6) is 0 Å². The molecular weight excluding hydrogens is 371 g/mol. The fourth-order valence-corrected chi connectivity index (χ4v) is 2.60. The highest BCUT2D eigenvalue weighted by molar-refractivity contribution is 6.43. The predicted octanol–water partition coefficient (Wildman–Crippen LogP) is 5.40. The third-order valence-electron chi connectivity index (χ3n) is 3.88. The summed E-state index contributed by atoms with van der Waals surface area (Å²) in [5, 5.41) is 6.62. The fraction of sp³-hybridized carbons (Fsp3) is 0.105. The average molecular weight is 387 g/mol. The number of carbonyl (C=O) groups is 1. The summed E-state index contributed by atoms with van der Waals surface area (Å²) in [7, 11) is 0. The second-order valence-electron chi connectivity index (χ2n) is 5.77. The Bertz CT molecular complexity index is 958. The second-order valence-corrected chi connectivity index (χ2v) is 6.56. The number of carbonyl (C=O) groups excluding carboxylic acids is 1. The molecule has 2 N–H and O–H groups in total. The number of anilines is 3. The van der Waals surface area contributed by atoms with Gasteiger partial charge in [-0.25, -0.2) is 9.97 Å². The summed E-state index contributed by atoms with van der Waals surface area (Å²) in [6, 6.07) is 11.0. The minimum atomic E-state index is -0.277. The van der Waals surface area contributed by atoms with E-state index in [9.17, 15) is 4.79 Å². The average Bonchev–Trinajstić information content (AvgIpc) is 2.63. The zero-order valence-corrected chi connectivity index (χ0v) is 15.7. The molecule has 0 spiro atoms. The minimum absolute atomic E-state index is 0.277. The summed E-state index contributed by atoms with van der Waals surface area (Å²) in [5.74, 6) is 0.0393. The predicted molar refractivity (Wildman–Crippen MR) is 106 cm³/mol. The van der Waals surface area contributed by atoms with Crippen molar-refractivity contribution in [2.24, 2.45) is 0 Å². The standard InChI is InChI=1S/C19H16Cl2N4O/c1-11-6-7-14(8-12(11)2)24-18(26)13-9-22-19(23-10-13)25-16-5-3-4-15(20)17(16)21/h3-10H,1-2H3,(H,24,26)(H,22,23,25). The molecule has 5 nitrogen and oxygen atoms in total. The highest BCUT2D eigenvalue weighted by Gasteiger charge is 2.10. The van der Waals surface area contributed by atoms with Gasteiger partial charge in [0.25, 0.3) is 5.91 Å². The third-order valence-corrected chi connectivity index (χ3v) is 4.70. The zero-order chi connectivity index (χ0) is 18.7. The normalized spacial score (nSPS) is 10.5. The Balaban J connectivity index is 1.71. The van der Waals surface area contributed by atoms with E-state index in [4.69, 9.17) is 23.2 Å². The monoisotopic (exact) mass is 386 g/mol. The molecule has 0 saturated carbocycles. The van der Waals surface area contributed by atoms with Crippen LogP contribution < -0.4 is 10.6 Å². The van der Waals surface area contributed by atoms with Crippen molar-refractivity contribution in [3.05, 3.63) is 75.5 Å². The molecule has 132 valence electrons. The zero-order valence-electron chi connectivity index (χ0n) is 14.2. The minimum Gasteiger partial charge on any atom is -0.323 e. The first-order valence-electron chi connectivity index (χ1n) is 7.86. The number of aryl methyl sites for hydroxylation is 2. The van der Waals surface area contributed by atoms with Crippen LogP contribution in [0, 0.1) is 13.8 Å². The number of halogens is 2. The molecule has 0 aliphatic rings. The molecule has 1 heterocycles. The van der Waals surface area contributed by atoms with Crippen molar-refractivity contribution in [1.29, 1.82) is 0 Å². The van der Waals surface area contributed by atoms with Gasteiger partial charge in [0.05, 0.1) is 21.3 Å². The number of benzene rings is 2. The van der Waals surface area contributed by atoms with E-state index in [-0.39, 0.29) is 5.91 Å². The summed E-state index contributed by atoms with van der Waals surface area (Å²) in [6.45, 7) is 4.02. The lowest BCUT2D eigenvalue weighted by atomic mass is 10.1. The van der Waals surface area contributed by atoms with Gasteiger partial charge in [-0.1, -0.05) is 35.3 Å². The molecule has 3 aromatic rings. The molecule has 7 heteroatoms. The van der Waals surface area contributed by atoms with Crippen LogP contribution in [0.15, 0.2) is 48.8 Å². The largest absolute Gasteiger partial charge is 0.323 e. The molecular formula is C19H16Cl2N4O. The number of amides is 1. The maximum Gasteiger partial charge on any atom is 0.258 e. The van der Waals surface area contributed by atoms with E-state index in [0.29, 0.717) is 27.2 Å².